The molecule has 0 aromatic carbocycles. The van der Waals surface area contributed by atoms with Crippen molar-refractivity contribution in [2.75, 3.05) is 6.61 Å². The average molecular weight is 230 g/mol. The molecule has 17 heavy (non-hydrogen) atoms. The maximum Gasteiger partial charge on any atom is 0.338 e. The van der Waals surface area contributed by atoms with Gasteiger partial charge in [0.15, 0.2) is 0 Å². The molecule has 2 rings (SSSR count). The van der Waals surface area contributed by atoms with E-state index in [-0.39, 0.29) is 0 Å². The van der Waals surface area contributed by atoms with E-state index in [1.165, 1.54) is 0 Å². The van der Waals surface area contributed by atoms with Crippen LogP contribution >= 0.6 is 0 Å². The maximum absolute atomic E-state index is 11.6. The number of aryl methyl sites for hydroxylation is 1. The molecule has 0 aliphatic carbocycles. The van der Waals surface area contributed by atoms with Crippen molar-refractivity contribution < 1.29 is 9.53 Å². The molecule has 0 unspecified atom stereocenters. The van der Waals surface area contributed by atoms with Crippen molar-refractivity contribution in [3.05, 3.63) is 42.4 Å². The number of imidazole rings is 1. The van der Waals surface area contributed by atoms with E-state index in [1.54, 1.807) is 6.92 Å². The van der Waals surface area contributed by atoms with Crippen LogP contribution < -0.4 is 0 Å². The van der Waals surface area contributed by atoms with Gasteiger partial charge in [-0.1, -0.05) is 6.58 Å². The molecule has 0 fully saturated rings. The molecule has 0 saturated carbocycles. The molecule has 0 aliphatic rings. The summed E-state index contributed by atoms with van der Waals surface area (Å²) in [4.78, 5) is 16.0. The molecular weight excluding hydrogens is 216 g/mol. The van der Waals surface area contributed by atoms with Crippen LogP contribution in [-0.2, 0) is 9.53 Å². The summed E-state index contributed by atoms with van der Waals surface area (Å²) < 4.78 is 6.81. The highest BCUT2D eigenvalue weighted by Gasteiger charge is 2.14. The highest BCUT2D eigenvalue weighted by atomic mass is 16.5. The van der Waals surface area contributed by atoms with Gasteiger partial charge in [-0.25, -0.2) is 9.78 Å². The van der Waals surface area contributed by atoms with Gasteiger partial charge >= 0.3 is 5.97 Å². The van der Waals surface area contributed by atoms with Crippen LogP contribution in [0.2, 0.25) is 0 Å². The molecule has 0 spiro atoms. The third-order valence-corrected chi connectivity index (χ3v) is 2.45. The maximum atomic E-state index is 11.6. The summed E-state index contributed by atoms with van der Waals surface area (Å²) in [5, 5.41) is 0. The number of esters is 1. The smallest absolute Gasteiger partial charge is 0.338 e. The lowest BCUT2D eigenvalue weighted by atomic mass is 10.1. The Morgan fingerprint density at radius 3 is 3.06 bits per heavy atom. The Morgan fingerprint density at radius 2 is 2.35 bits per heavy atom. The number of aromatic nitrogens is 2. The molecule has 0 saturated heterocycles. The lowest BCUT2D eigenvalue weighted by Gasteiger charge is -2.06. The van der Waals surface area contributed by atoms with Crippen LogP contribution in [-0.4, -0.2) is 22.0 Å². The third-order valence-electron chi connectivity index (χ3n) is 2.45. The molecule has 0 N–H and O–H groups in total. The van der Waals surface area contributed by atoms with Crippen LogP contribution in [0.3, 0.4) is 0 Å². The van der Waals surface area contributed by atoms with Gasteiger partial charge in [0.25, 0.3) is 0 Å². The number of fused-ring (bicyclic) bond motifs is 1. The molecular formula is C13H14N2O2. The summed E-state index contributed by atoms with van der Waals surface area (Å²) >= 11 is 0. The summed E-state index contributed by atoms with van der Waals surface area (Å²) in [6.07, 6.45) is 3.79. The van der Waals surface area contributed by atoms with Crippen LogP contribution in [0.5, 0.6) is 0 Å². The molecule has 2 aromatic rings. The minimum atomic E-state index is -0.402. The Kier molecular flexibility index (Phi) is 2.95. The number of rotatable bonds is 3. The van der Waals surface area contributed by atoms with E-state index < -0.39 is 5.97 Å². The van der Waals surface area contributed by atoms with Gasteiger partial charge in [0.05, 0.1) is 17.9 Å². The Balaban J connectivity index is 2.48. The third kappa shape index (κ3) is 2.06. The van der Waals surface area contributed by atoms with Crippen LogP contribution in [0.4, 0.5) is 0 Å². The van der Waals surface area contributed by atoms with E-state index in [4.69, 9.17) is 4.74 Å². The zero-order valence-corrected chi connectivity index (χ0v) is 9.93. The lowest BCUT2D eigenvalue weighted by Crippen LogP contribution is -2.06. The van der Waals surface area contributed by atoms with Gasteiger partial charge in [0.2, 0.25) is 0 Å². The predicted octanol–water partition coefficient (Wildman–Crippen LogP) is 2.22. The molecule has 2 heterocycles. The Bertz CT molecular complexity index is 584. The summed E-state index contributed by atoms with van der Waals surface area (Å²) in [6.45, 7) is 7.79. The monoisotopic (exact) mass is 230 g/mol. The lowest BCUT2D eigenvalue weighted by molar-refractivity contribution is -0.136. The number of hydrogen-bond donors (Lipinski definition) is 0. The van der Waals surface area contributed by atoms with Gasteiger partial charge in [0, 0.05) is 18.0 Å². The van der Waals surface area contributed by atoms with Crippen LogP contribution in [0.1, 0.15) is 18.2 Å². The van der Waals surface area contributed by atoms with Crippen molar-refractivity contribution in [1.82, 2.24) is 9.38 Å². The van der Waals surface area contributed by atoms with Gasteiger partial charge < -0.3 is 9.14 Å². The highest BCUT2D eigenvalue weighted by Crippen LogP contribution is 2.19. The summed E-state index contributed by atoms with van der Waals surface area (Å²) in [5.74, 6) is -0.402. The second-order valence-corrected chi connectivity index (χ2v) is 3.73. The normalized spacial score (nSPS) is 10.5. The fourth-order valence-electron chi connectivity index (χ4n) is 1.70. The molecule has 88 valence electrons. The van der Waals surface area contributed by atoms with Gasteiger partial charge in [-0.3, -0.25) is 0 Å². The summed E-state index contributed by atoms with van der Waals surface area (Å²) in [5.41, 5.74) is 2.67. The predicted molar refractivity (Wildman–Crippen MR) is 65.6 cm³/mol. The van der Waals surface area contributed by atoms with Gasteiger partial charge in [0.1, 0.15) is 5.65 Å². The fourth-order valence-corrected chi connectivity index (χ4v) is 1.70. The first kappa shape index (κ1) is 11.4. The van der Waals surface area contributed by atoms with E-state index in [2.05, 4.69) is 11.6 Å². The standard InChI is InChI=1S/C13H14N2O2/c1-4-17-13(16)10(3)11-6-5-7-15-8-9(2)14-12(11)15/h5-8H,3-4H2,1-2H3. The molecule has 0 bridgehead atoms. The van der Waals surface area contributed by atoms with Gasteiger partial charge in [-0.05, 0) is 26.0 Å². The number of carbonyl (C=O) groups is 1. The zero-order chi connectivity index (χ0) is 12.4. The first-order valence-corrected chi connectivity index (χ1v) is 5.44. The van der Waals surface area contributed by atoms with Crippen molar-refractivity contribution in [2.24, 2.45) is 0 Å². The van der Waals surface area contributed by atoms with Crippen LogP contribution in [0.15, 0.2) is 31.1 Å². The second kappa shape index (κ2) is 4.41. The Labute approximate surface area is 99.5 Å². The highest BCUT2D eigenvalue weighted by molar-refractivity contribution is 6.17. The minimum absolute atomic E-state index is 0.336. The largest absolute Gasteiger partial charge is 0.462 e. The van der Waals surface area contributed by atoms with E-state index in [1.807, 2.05) is 35.9 Å². The van der Waals surface area contributed by atoms with E-state index >= 15 is 0 Å². The molecule has 4 heteroatoms. The number of ether oxygens (including phenoxy) is 1. The minimum Gasteiger partial charge on any atom is -0.462 e. The number of carbonyl (C=O) groups excluding carboxylic acids is 1. The Hall–Kier alpha value is -2.10. The average Bonchev–Trinajstić information content (AvgIpc) is 2.68. The second-order valence-electron chi connectivity index (χ2n) is 3.73. The number of pyridine rings is 1. The first-order chi connectivity index (χ1) is 8.13. The number of hydrogen-bond acceptors (Lipinski definition) is 3. The fraction of sp³-hybridized carbons (Fsp3) is 0.231. The van der Waals surface area contributed by atoms with Crippen molar-refractivity contribution in [3.63, 3.8) is 0 Å². The molecule has 2 aromatic heterocycles. The SMILES string of the molecule is C=C(C(=O)OCC)c1cccn2cc(C)nc12. The van der Waals surface area contributed by atoms with Crippen molar-refractivity contribution >= 4 is 17.2 Å². The van der Waals surface area contributed by atoms with Crippen LogP contribution in [0, 0.1) is 6.92 Å². The molecule has 0 amide bonds. The van der Waals surface area contributed by atoms with E-state index in [9.17, 15) is 4.79 Å². The number of nitrogens with zero attached hydrogens (tertiary/aromatic N) is 2. The molecule has 0 aliphatic heterocycles. The first-order valence-electron chi connectivity index (χ1n) is 5.44. The topological polar surface area (TPSA) is 43.6 Å². The van der Waals surface area contributed by atoms with Crippen LogP contribution in [0.25, 0.3) is 11.2 Å². The van der Waals surface area contributed by atoms with Crippen molar-refractivity contribution in [3.8, 4) is 0 Å². The quantitative estimate of drug-likeness (QED) is 0.600. The van der Waals surface area contributed by atoms with E-state index in [0.717, 1.165) is 11.3 Å². The van der Waals surface area contributed by atoms with Crippen molar-refractivity contribution in [1.29, 1.82) is 0 Å². The van der Waals surface area contributed by atoms with Crippen molar-refractivity contribution in [2.45, 2.75) is 13.8 Å². The van der Waals surface area contributed by atoms with Gasteiger partial charge in [-0.2, -0.15) is 0 Å². The molecule has 0 radical (unpaired) electrons. The molecule has 0 atom stereocenters. The van der Waals surface area contributed by atoms with Gasteiger partial charge in [-0.15, -0.1) is 0 Å². The Morgan fingerprint density at radius 1 is 1.59 bits per heavy atom. The summed E-state index contributed by atoms with van der Waals surface area (Å²) in [7, 11) is 0. The van der Waals surface area contributed by atoms with E-state index in [0.29, 0.717) is 17.7 Å². The molecule has 4 nitrogen and oxygen atoms in total. The zero-order valence-electron chi connectivity index (χ0n) is 9.93. The summed E-state index contributed by atoms with van der Waals surface area (Å²) in [6, 6.07) is 3.68.